The van der Waals surface area contributed by atoms with Gasteiger partial charge in [0.15, 0.2) is 0 Å². The van der Waals surface area contributed by atoms with Gasteiger partial charge in [-0.2, -0.15) is 13.2 Å². The monoisotopic (exact) mass is 219 g/mol. The summed E-state index contributed by atoms with van der Waals surface area (Å²) in [4.78, 5) is 7.70. The van der Waals surface area contributed by atoms with E-state index in [0.29, 0.717) is 5.69 Å². The van der Waals surface area contributed by atoms with Crippen LogP contribution in [0.2, 0.25) is 0 Å². The molecule has 0 amide bonds. The quantitative estimate of drug-likeness (QED) is 0.849. The number of aromatic nitrogens is 2. The van der Waals surface area contributed by atoms with Crippen LogP contribution < -0.4 is 5.73 Å². The van der Waals surface area contributed by atoms with Crippen LogP contribution in [-0.4, -0.2) is 16.1 Å². The molecule has 0 saturated carbocycles. The summed E-state index contributed by atoms with van der Waals surface area (Å²) in [6, 6.07) is 0. The number of nitrogens with two attached hydrogens (primary N) is 1. The minimum atomic E-state index is -4.13. The maximum absolute atomic E-state index is 12.0. The highest BCUT2D eigenvalue weighted by Crippen LogP contribution is 2.29. The number of halogens is 3. The Bertz CT molecular complexity index is 325. The lowest BCUT2D eigenvalue weighted by molar-refractivity contribution is -0.136. The second-order valence-electron chi connectivity index (χ2n) is 3.38. The first-order chi connectivity index (χ1) is 6.90. The molecule has 15 heavy (non-hydrogen) atoms. The number of anilines is 1. The lowest BCUT2D eigenvalue weighted by atomic mass is 10.0. The fraction of sp³-hybridized carbons (Fsp3) is 0.556. The largest absolute Gasteiger partial charge is 0.389 e. The van der Waals surface area contributed by atoms with Crippen LogP contribution in [0.25, 0.3) is 0 Å². The molecule has 1 aromatic rings. The zero-order chi connectivity index (χ0) is 11.5. The summed E-state index contributed by atoms with van der Waals surface area (Å²) in [6.45, 7) is 1.66. The Morgan fingerprint density at radius 1 is 1.33 bits per heavy atom. The Hall–Kier alpha value is -1.33. The molecule has 0 saturated heterocycles. The van der Waals surface area contributed by atoms with Crippen LogP contribution in [0.4, 0.5) is 19.0 Å². The number of nitrogens with zero attached hydrogens (tertiary/aromatic N) is 2. The van der Waals surface area contributed by atoms with Crippen LogP contribution >= 0.6 is 0 Å². The van der Waals surface area contributed by atoms with Gasteiger partial charge in [0.05, 0.1) is 5.69 Å². The Balaban J connectivity index is 2.62. The van der Waals surface area contributed by atoms with E-state index in [1.807, 2.05) is 0 Å². The van der Waals surface area contributed by atoms with E-state index in [9.17, 15) is 13.2 Å². The summed E-state index contributed by atoms with van der Waals surface area (Å²) in [5, 5.41) is 0. The molecule has 0 fully saturated rings. The summed E-state index contributed by atoms with van der Waals surface area (Å²) in [6.07, 6.45) is -2.15. The van der Waals surface area contributed by atoms with Crippen LogP contribution in [0.15, 0.2) is 12.4 Å². The predicted molar refractivity (Wildman–Crippen MR) is 50.1 cm³/mol. The summed E-state index contributed by atoms with van der Waals surface area (Å²) in [5.41, 5.74) is 5.94. The number of hydrogen-bond donors (Lipinski definition) is 1. The zero-order valence-electron chi connectivity index (χ0n) is 8.25. The molecule has 3 nitrogen and oxygen atoms in total. The highest BCUT2D eigenvalue weighted by Gasteiger charge is 2.28. The van der Waals surface area contributed by atoms with Crippen LogP contribution in [0, 0.1) is 0 Å². The van der Waals surface area contributed by atoms with E-state index in [1.54, 1.807) is 6.92 Å². The van der Waals surface area contributed by atoms with Crippen LogP contribution in [0.5, 0.6) is 0 Å². The van der Waals surface area contributed by atoms with Gasteiger partial charge in [-0.1, -0.05) is 6.92 Å². The van der Waals surface area contributed by atoms with Gasteiger partial charge in [-0.25, -0.2) is 4.98 Å². The molecular weight excluding hydrogens is 207 g/mol. The fourth-order valence-electron chi connectivity index (χ4n) is 1.26. The van der Waals surface area contributed by atoms with Crippen molar-refractivity contribution in [2.24, 2.45) is 0 Å². The SMILES string of the molecule is C[C@H](CCC(F)(F)F)c1nccnc1N. The standard InChI is InChI=1S/C9H12F3N3/c1-6(2-3-9(10,11)12)7-8(13)15-5-4-14-7/h4-6H,2-3H2,1H3,(H2,13,15)/t6-/m1/s1. The molecule has 0 aromatic carbocycles. The third-order valence-electron chi connectivity index (χ3n) is 2.08. The van der Waals surface area contributed by atoms with Crippen molar-refractivity contribution in [1.29, 1.82) is 0 Å². The molecule has 0 bridgehead atoms. The highest BCUT2D eigenvalue weighted by atomic mass is 19.4. The van der Waals surface area contributed by atoms with Gasteiger partial charge in [0.2, 0.25) is 0 Å². The number of rotatable bonds is 3. The molecule has 0 aliphatic heterocycles. The first kappa shape index (κ1) is 11.7. The Kier molecular flexibility index (Phi) is 3.49. The molecule has 0 unspecified atom stereocenters. The smallest absolute Gasteiger partial charge is 0.382 e. The molecule has 1 heterocycles. The van der Waals surface area contributed by atoms with Crippen molar-refractivity contribution in [3.63, 3.8) is 0 Å². The van der Waals surface area contributed by atoms with Gasteiger partial charge in [0.1, 0.15) is 5.82 Å². The third-order valence-corrected chi connectivity index (χ3v) is 2.08. The van der Waals surface area contributed by atoms with E-state index < -0.39 is 12.6 Å². The van der Waals surface area contributed by atoms with E-state index in [-0.39, 0.29) is 18.2 Å². The van der Waals surface area contributed by atoms with E-state index in [1.165, 1.54) is 12.4 Å². The second kappa shape index (κ2) is 4.46. The Morgan fingerprint density at radius 3 is 2.47 bits per heavy atom. The molecule has 0 aliphatic rings. The van der Waals surface area contributed by atoms with Crippen molar-refractivity contribution < 1.29 is 13.2 Å². The number of alkyl halides is 3. The van der Waals surface area contributed by atoms with Gasteiger partial charge in [-0.05, 0) is 6.42 Å². The maximum Gasteiger partial charge on any atom is 0.389 e. The lowest BCUT2D eigenvalue weighted by Crippen LogP contribution is -2.11. The summed E-state index contributed by atoms with van der Waals surface area (Å²) >= 11 is 0. The third kappa shape index (κ3) is 3.73. The van der Waals surface area contributed by atoms with Gasteiger partial charge < -0.3 is 5.73 Å². The molecule has 1 aromatic heterocycles. The first-order valence-electron chi connectivity index (χ1n) is 4.53. The van der Waals surface area contributed by atoms with E-state index in [0.717, 1.165) is 0 Å². The average Bonchev–Trinajstić information content (AvgIpc) is 2.14. The fourth-order valence-corrected chi connectivity index (χ4v) is 1.26. The minimum absolute atomic E-state index is 0.0214. The molecule has 0 spiro atoms. The molecule has 1 rings (SSSR count). The molecule has 0 radical (unpaired) electrons. The van der Waals surface area contributed by atoms with Gasteiger partial charge >= 0.3 is 6.18 Å². The van der Waals surface area contributed by atoms with Gasteiger partial charge in [0, 0.05) is 24.7 Å². The topological polar surface area (TPSA) is 51.8 Å². The van der Waals surface area contributed by atoms with Gasteiger partial charge in [-0.15, -0.1) is 0 Å². The average molecular weight is 219 g/mol. The van der Waals surface area contributed by atoms with Crippen molar-refractivity contribution in [2.75, 3.05) is 5.73 Å². The maximum atomic E-state index is 12.0. The first-order valence-corrected chi connectivity index (χ1v) is 4.53. The Labute approximate surface area is 85.5 Å². The van der Waals surface area contributed by atoms with Crippen molar-refractivity contribution in [3.8, 4) is 0 Å². The van der Waals surface area contributed by atoms with Crippen molar-refractivity contribution in [3.05, 3.63) is 18.1 Å². The molecule has 84 valence electrons. The number of nitrogen functional groups attached to an aromatic ring is 1. The van der Waals surface area contributed by atoms with Crippen molar-refractivity contribution in [1.82, 2.24) is 9.97 Å². The van der Waals surface area contributed by atoms with Gasteiger partial charge in [-0.3, -0.25) is 4.98 Å². The second-order valence-corrected chi connectivity index (χ2v) is 3.38. The van der Waals surface area contributed by atoms with E-state index in [2.05, 4.69) is 9.97 Å². The van der Waals surface area contributed by atoms with E-state index in [4.69, 9.17) is 5.73 Å². The van der Waals surface area contributed by atoms with Crippen molar-refractivity contribution in [2.45, 2.75) is 31.9 Å². The summed E-state index contributed by atoms with van der Waals surface area (Å²) in [7, 11) is 0. The molecular formula is C9H12F3N3. The zero-order valence-corrected chi connectivity index (χ0v) is 8.25. The highest BCUT2D eigenvalue weighted by molar-refractivity contribution is 5.35. The molecule has 0 aliphatic carbocycles. The number of hydrogen-bond acceptors (Lipinski definition) is 3. The van der Waals surface area contributed by atoms with Gasteiger partial charge in [0.25, 0.3) is 0 Å². The predicted octanol–water partition coefficient (Wildman–Crippen LogP) is 2.50. The molecule has 2 N–H and O–H groups in total. The summed E-state index contributed by atoms with van der Waals surface area (Å²) < 4.78 is 35.9. The van der Waals surface area contributed by atoms with E-state index >= 15 is 0 Å². The van der Waals surface area contributed by atoms with Crippen LogP contribution in [0.3, 0.4) is 0 Å². The molecule has 1 atom stereocenters. The van der Waals surface area contributed by atoms with Crippen LogP contribution in [-0.2, 0) is 0 Å². The lowest BCUT2D eigenvalue weighted by Gasteiger charge is -2.13. The normalized spacial score (nSPS) is 13.9. The minimum Gasteiger partial charge on any atom is -0.382 e. The van der Waals surface area contributed by atoms with Crippen LogP contribution in [0.1, 0.15) is 31.4 Å². The van der Waals surface area contributed by atoms with Crippen molar-refractivity contribution >= 4 is 5.82 Å². The Morgan fingerprint density at radius 2 is 1.93 bits per heavy atom. The molecule has 6 heteroatoms. The summed E-state index contributed by atoms with van der Waals surface area (Å²) in [5.74, 6) is -0.132.